The van der Waals surface area contributed by atoms with E-state index in [4.69, 9.17) is 11.5 Å². The summed E-state index contributed by atoms with van der Waals surface area (Å²) >= 11 is 0. The fourth-order valence-corrected chi connectivity index (χ4v) is 1.85. The summed E-state index contributed by atoms with van der Waals surface area (Å²) in [4.78, 5) is 5.76. The molecule has 0 saturated heterocycles. The van der Waals surface area contributed by atoms with E-state index in [2.05, 4.69) is 24.3 Å². The zero-order chi connectivity index (χ0) is 13.4. The van der Waals surface area contributed by atoms with Crippen LogP contribution in [-0.2, 0) is 0 Å². The Bertz CT molecular complexity index is 353. The molecule has 1 heterocycles. The first kappa shape index (κ1) is 14.6. The highest BCUT2D eigenvalue weighted by Crippen LogP contribution is 2.16. The van der Waals surface area contributed by atoms with Crippen LogP contribution in [0.3, 0.4) is 0 Å². The molecule has 5 nitrogen and oxygen atoms in total. The van der Waals surface area contributed by atoms with Gasteiger partial charge in [-0.2, -0.15) is 0 Å². The van der Waals surface area contributed by atoms with Crippen LogP contribution in [0.2, 0.25) is 0 Å². The number of aromatic nitrogens is 1. The molecule has 1 aromatic rings. The van der Waals surface area contributed by atoms with Crippen LogP contribution in [0, 0.1) is 0 Å². The van der Waals surface area contributed by atoms with E-state index in [9.17, 15) is 0 Å². The third kappa shape index (κ3) is 5.23. The standard InChI is InChI=1S/C13H25N5/c1-3-4-7-18(2)8-5-6-16-13-12(15)9-11(14)10-17-13/h9-10H,3-8,14-15H2,1-2H3,(H,16,17)/p+1. The third-order valence-corrected chi connectivity index (χ3v) is 2.97. The van der Waals surface area contributed by atoms with Crippen LogP contribution in [0.4, 0.5) is 17.2 Å². The van der Waals surface area contributed by atoms with Gasteiger partial charge in [0.1, 0.15) is 5.82 Å². The number of nitrogens with zero attached hydrogens (tertiary/aromatic N) is 1. The lowest BCUT2D eigenvalue weighted by molar-refractivity contribution is -0.879. The molecule has 0 aliphatic heterocycles. The lowest BCUT2D eigenvalue weighted by Crippen LogP contribution is -3.09. The molecule has 0 bridgehead atoms. The zero-order valence-electron chi connectivity index (χ0n) is 11.5. The first-order chi connectivity index (χ1) is 8.63. The smallest absolute Gasteiger partial charge is 0.149 e. The van der Waals surface area contributed by atoms with Crippen LogP contribution in [-0.4, -0.2) is 31.7 Å². The molecule has 0 spiro atoms. The van der Waals surface area contributed by atoms with E-state index in [1.54, 1.807) is 17.2 Å². The van der Waals surface area contributed by atoms with Gasteiger partial charge >= 0.3 is 0 Å². The van der Waals surface area contributed by atoms with Crippen molar-refractivity contribution in [2.24, 2.45) is 0 Å². The second-order valence-corrected chi connectivity index (χ2v) is 4.80. The van der Waals surface area contributed by atoms with Gasteiger partial charge in [0.15, 0.2) is 0 Å². The third-order valence-electron chi connectivity index (χ3n) is 2.97. The summed E-state index contributed by atoms with van der Waals surface area (Å²) in [7, 11) is 2.24. The van der Waals surface area contributed by atoms with Crippen LogP contribution in [0.25, 0.3) is 0 Å². The number of hydrogen-bond donors (Lipinski definition) is 4. The fourth-order valence-electron chi connectivity index (χ4n) is 1.85. The van der Waals surface area contributed by atoms with E-state index >= 15 is 0 Å². The van der Waals surface area contributed by atoms with Gasteiger partial charge in [-0.25, -0.2) is 4.98 Å². The molecule has 5 heteroatoms. The summed E-state index contributed by atoms with van der Waals surface area (Å²) < 4.78 is 0. The van der Waals surface area contributed by atoms with Gasteiger partial charge in [0.2, 0.25) is 0 Å². The summed E-state index contributed by atoms with van der Waals surface area (Å²) in [6.45, 7) is 5.54. The maximum atomic E-state index is 5.82. The van der Waals surface area contributed by atoms with Crippen molar-refractivity contribution >= 4 is 17.2 Å². The number of unbranched alkanes of at least 4 members (excludes halogenated alkanes) is 1. The van der Waals surface area contributed by atoms with Crippen molar-refractivity contribution in [2.75, 3.05) is 43.5 Å². The van der Waals surface area contributed by atoms with Crippen LogP contribution >= 0.6 is 0 Å². The summed E-state index contributed by atoms with van der Waals surface area (Å²) in [5, 5.41) is 3.25. The van der Waals surface area contributed by atoms with Gasteiger partial charge in [0, 0.05) is 13.0 Å². The number of pyridine rings is 1. The average molecular weight is 252 g/mol. The SMILES string of the molecule is CCCC[NH+](C)CCCNc1ncc(N)cc1N. The first-order valence-electron chi connectivity index (χ1n) is 6.69. The van der Waals surface area contributed by atoms with Crippen LogP contribution in [0.15, 0.2) is 12.3 Å². The Morgan fingerprint density at radius 2 is 2.00 bits per heavy atom. The zero-order valence-corrected chi connectivity index (χ0v) is 11.5. The minimum absolute atomic E-state index is 0.599. The molecule has 1 atom stereocenters. The van der Waals surface area contributed by atoms with Gasteiger partial charge in [-0.15, -0.1) is 0 Å². The van der Waals surface area contributed by atoms with Crippen molar-refractivity contribution in [3.8, 4) is 0 Å². The molecule has 1 rings (SSSR count). The van der Waals surface area contributed by atoms with E-state index < -0.39 is 0 Å². The van der Waals surface area contributed by atoms with Crippen LogP contribution < -0.4 is 21.7 Å². The highest BCUT2D eigenvalue weighted by molar-refractivity contribution is 5.65. The topological polar surface area (TPSA) is 81.4 Å². The lowest BCUT2D eigenvalue weighted by Gasteiger charge is -2.14. The Kier molecular flexibility index (Phi) is 6.28. The molecule has 0 fully saturated rings. The number of nitrogen functional groups attached to an aromatic ring is 2. The van der Waals surface area contributed by atoms with Gasteiger partial charge in [-0.1, -0.05) is 13.3 Å². The second kappa shape index (κ2) is 7.76. The Labute approximate surface area is 110 Å². The molecule has 0 aliphatic carbocycles. The maximum absolute atomic E-state index is 5.82. The Balaban J connectivity index is 2.21. The number of rotatable bonds is 8. The highest BCUT2D eigenvalue weighted by atomic mass is 15.1. The van der Waals surface area contributed by atoms with Crippen LogP contribution in [0.5, 0.6) is 0 Å². The molecular weight excluding hydrogens is 226 g/mol. The van der Waals surface area contributed by atoms with Gasteiger partial charge in [-0.3, -0.25) is 0 Å². The molecule has 1 unspecified atom stereocenters. The minimum Gasteiger partial charge on any atom is -0.397 e. The predicted octanol–water partition coefficient (Wildman–Crippen LogP) is 0.363. The monoisotopic (exact) mass is 252 g/mol. The molecule has 102 valence electrons. The maximum Gasteiger partial charge on any atom is 0.149 e. The molecule has 0 aliphatic rings. The number of hydrogen-bond acceptors (Lipinski definition) is 4. The Morgan fingerprint density at radius 1 is 1.28 bits per heavy atom. The molecule has 18 heavy (non-hydrogen) atoms. The minimum atomic E-state index is 0.599. The van der Waals surface area contributed by atoms with Crippen molar-refractivity contribution in [1.29, 1.82) is 0 Å². The molecule has 1 aromatic heterocycles. The summed E-state index contributed by atoms with van der Waals surface area (Å²) in [6.07, 6.45) is 5.30. The van der Waals surface area contributed by atoms with Crippen molar-refractivity contribution in [2.45, 2.75) is 26.2 Å². The summed E-state index contributed by atoms with van der Waals surface area (Å²) in [5.41, 5.74) is 12.6. The van der Waals surface area contributed by atoms with Gasteiger partial charge in [0.25, 0.3) is 0 Å². The largest absolute Gasteiger partial charge is 0.397 e. The Hall–Kier alpha value is -1.49. The number of nitrogens with two attached hydrogens (primary N) is 2. The number of anilines is 3. The average Bonchev–Trinajstić information content (AvgIpc) is 2.34. The lowest BCUT2D eigenvalue weighted by atomic mass is 10.3. The van der Waals surface area contributed by atoms with Crippen molar-refractivity contribution in [1.82, 2.24) is 4.98 Å². The van der Waals surface area contributed by atoms with Gasteiger partial charge < -0.3 is 21.7 Å². The molecule has 0 saturated carbocycles. The number of quaternary nitrogens is 1. The van der Waals surface area contributed by atoms with Crippen LogP contribution in [0.1, 0.15) is 26.2 Å². The first-order valence-corrected chi connectivity index (χ1v) is 6.69. The van der Waals surface area contributed by atoms with Crippen molar-refractivity contribution in [3.05, 3.63) is 12.3 Å². The second-order valence-electron chi connectivity index (χ2n) is 4.80. The Morgan fingerprint density at radius 3 is 2.67 bits per heavy atom. The van der Waals surface area contributed by atoms with E-state index in [1.165, 1.54) is 25.9 Å². The van der Waals surface area contributed by atoms with Gasteiger partial charge in [0.05, 0.1) is 37.7 Å². The molecule has 0 radical (unpaired) electrons. The van der Waals surface area contributed by atoms with Gasteiger partial charge in [-0.05, 0) is 12.5 Å². The summed E-state index contributed by atoms with van der Waals surface area (Å²) in [6, 6.07) is 1.73. The van der Waals surface area contributed by atoms with E-state index in [0.29, 0.717) is 11.4 Å². The van der Waals surface area contributed by atoms with Crippen molar-refractivity contribution in [3.63, 3.8) is 0 Å². The van der Waals surface area contributed by atoms with E-state index in [-0.39, 0.29) is 0 Å². The summed E-state index contributed by atoms with van der Waals surface area (Å²) in [5.74, 6) is 0.732. The number of nitrogens with one attached hydrogen (secondary N) is 2. The predicted molar refractivity (Wildman–Crippen MR) is 77.7 cm³/mol. The molecule has 0 amide bonds. The molecule has 0 aromatic carbocycles. The fraction of sp³-hybridized carbons (Fsp3) is 0.615. The molecular formula is C13H26N5+. The highest BCUT2D eigenvalue weighted by Gasteiger charge is 2.03. The quantitative estimate of drug-likeness (QED) is 0.504. The normalized spacial score (nSPS) is 12.3. The molecule has 6 N–H and O–H groups in total. The van der Waals surface area contributed by atoms with Crippen molar-refractivity contribution < 1.29 is 4.90 Å². The van der Waals surface area contributed by atoms with E-state index in [1.807, 2.05) is 0 Å². The van der Waals surface area contributed by atoms with E-state index in [0.717, 1.165) is 18.8 Å².